The van der Waals surface area contributed by atoms with Gasteiger partial charge in [-0.15, -0.1) is 0 Å². The zero-order valence-corrected chi connectivity index (χ0v) is 17.8. The first-order chi connectivity index (χ1) is 14.6. The minimum absolute atomic E-state index is 0.118. The number of fused-ring (bicyclic) bond motifs is 5. The van der Waals surface area contributed by atoms with E-state index >= 15 is 0 Å². The Labute approximate surface area is 179 Å². The van der Waals surface area contributed by atoms with Gasteiger partial charge in [0.15, 0.2) is 0 Å². The lowest BCUT2D eigenvalue weighted by Crippen LogP contribution is -2.43. The van der Waals surface area contributed by atoms with E-state index in [0.29, 0.717) is 6.61 Å². The van der Waals surface area contributed by atoms with Gasteiger partial charge in [0.05, 0.1) is 6.04 Å². The van der Waals surface area contributed by atoms with Gasteiger partial charge in [0.2, 0.25) is 0 Å². The van der Waals surface area contributed by atoms with Crippen molar-refractivity contribution in [3.63, 3.8) is 0 Å². The van der Waals surface area contributed by atoms with Gasteiger partial charge >= 0.3 is 6.09 Å². The summed E-state index contributed by atoms with van der Waals surface area (Å²) in [5.41, 5.74) is 7.86. The molecule has 0 saturated carbocycles. The maximum Gasteiger partial charge on any atom is 0.410 e. The fraction of sp³-hybridized carbons (Fsp3) is 0.370. The summed E-state index contributed by atoms with van der Waals surface area (Å²) in [5, 5.41) is 0. The second-order valence-electron chi connectivity index (χ2n) is 9.02. The molecule has 1 aliphatic carbocycles. The standard InChI is InChI=1S/C27H29NO2/c1-18(2)11-12-19-15-20-13-14-21(16-19)28(20)27(29)30-17-26-24-9-5-3-7-22(24)23-8-4-6-10-25(23)26/h3-11,15,20-21,26H,12-14,16-17H2,1-2H3. The second kappa shape index (κ2) is 7.79. The van der Waals surface area contributed by atoms with E-state index in [1.165, 1.54) is 33.4 Å². The van der Waals surface area contributed by atoms with Gasteiger partial charge in [0.25, 0.3) is 0 Å². The second-order valence-corrected chi connectivity index (χ2v) is 9.02. The summed E-state index contributed by atoms with van der Waals surface area (Å²) in [6, 6.07) is 17.4. The summed E-state index contributed by atoms with van der Waals surface area (Å²) >= 11 is 0. The molecule has 5 rings (SSSR count). The molecule has 3 nitrogen and oxygen atoms in total. The van der Waals surface area contributed by atoms with E-state index in [-0.39, 0.29) is 24.1 Å². The van der Waals surface area contributed by atoms with Crippen molar-refractivity contribution in [2.24, 2.45) is 0 Å². The third-order valence-electron chi connectivity index (χ3n) is 6.79. The van der Waals surface area contributed by atoms with Crippen LogP contribution in [0.15, 0.2) is 71.8 Å². The van der Waals surface area contributed by atoms with Gasteiger partial charge in [-0.2, -0.15) is 0 Å². The molecule has 2 bridgehead atoms. The van der Waals surface area contributed by atoms with Gasteiger partial charge in [-0.3, -0.25) is 4.90 Å². The smallest absolute Gasteiger partial charge is 0.410 e. The van der Waals surface area contributed by atoms with Crippen molar-refractivity contribution in [2.45, 2.75) is 57.5 Å². The normalized spacial score (nSPS) is 21.7. The summed E-state index contributed by atoms with van der Waals surface area (Å²) in [5.74, 6) is 0.118. The van der Waals surface area contributed by atoms with Gasteiger partial charge in [0, 0.05) is 12.0 Å². The molecule has 0 spiro atoms. The number of benzene rings is 2. The molecule has 2 heterocycles. The Morgan fingerprint density at radius 1 is 1.03 bits per heavy atom. The highest BCUT2D eigenvalue weighted by molar-refractivity contribution is 5.79. The number of nitrogens with zero attached hydrogens (tertiary/aromatic N) is 1. The quantitative estimate of drug-likeness (QED) is 0.553. The van der Waals surface area contributed by atoms with Crippen LogP contribution < -0.4 is 0 Å². The van der Waals surface area contributed by atoms with Crippen LogP contribution in [-0.2, 0) is 4.74 Å². The molecule has 154 valence electrons. The number of rotatable bonds is 4. The van der Waals surface area contributed by atoms with Crippen LogP contribution >= 0.6 is 0 Å². The van der Waals surface area contributed by atoms with Crippen molar-refractivity contribution in [1.82, 2.24) is 4.90 Å². The van der Waals surface area contributed by atoms with Crippen LogP contribution in [0.1, 0.15) is 56.6 Å². The van der Waals surface area contributed by atoms with Crippen molar-refractivity contribution in [3.05, 3.63) is 83.0 Å². The number of ether oxygens (including phenoxy) is 1. The van der Waals surface area contributed by atoms with Crippen molar-refractivity contribution >= 4 is 6.09 Å². The molecule has 2 atom stereocenters. The molecule has 1 fully saturated rings. The molecular formula is C27H29NO2. The van der Waals surface area contributed by atoms with E-state index in [4.69, 9.17) is 4.74 Å². The predicted octanol–water partition coefficient (Wildman–Crippen LogP) is 6.45. The fourth-order valence-corrected chi connectivity index (χ4v) is 5.36. The first kappa shape index (κ1) is 19.2. The molecule has 0 aromatic heterocycles. The van der Waals surface area contributed by atoms with E-state index in [1.54, 1.807) is 0 Å². The molecule has 30 heavy (non-hydrogen) atoms. The lowest BCUT2D eigenvalue weighted by Gasteiger charge is -2.33. The fourth-order valence-electron chi connectivity index (χ4n) is 5.36. The van der Waals surface area contributed by atoms with E-state index in [1.807, 2.05) is 4.90 Å². The third kappa shape index (κ3) is 3.36. The van der Waals surface area contributed by atoms with Crippen molar-refractivity contribution in [1.29, 1.82) is 0 Å². The summed E-state index contributed by atoms with van der Waals surface area (Å²) in [6.45, 7) is 4.68. The van der Waals surface area contributed by atoms with Crippen LogP contribution in [0.3, 0.4) is 0 Å². The predicted molar refractivity (Wildman–Crippen MR) is 120 cm³/mol. The maximum absolute atomic E-state index is 13.1. The minimum atomic E-state index is -0.151. The summed E-state index contributed by atoms with van der Waals surface area (Å²) in [7, 11) is 0. The average Bonchev–Trinajstić information content (AvgIpc) is 3.22. The maximum atomic E-state index is 13.1. The van der Waals surface area contributed by atoms with Crippen LogP contribution in [0.5, 0.6) is 0 Å². The Bertz CT molecular complexity index is 985. The Hall–Kier alpha value is -2.81. The summed E-state index contributed by atoms with van der Waals surface area (Å²) in [6.07, 6.45) is 8.55. The Balaban J connectivity index is 1.30. The van der Waals surface area contributed by atoms with Crippen molar-refractivity contribution in [2.75, 3.05) is 6.61 Å². The Morgan fingerprint density at radius 2 is 1.70 bits per heavy atom. The number of carbonyl (C=O) groups is 1. The molecular weight excluding hydrogens is 370 g/mol. The van der Waals surface area contributed by atoms with Crippen LogP contribution in [0.4, 0.5) is 4.79 Å². The highest BCUT2D eigenvalue weighted by Crippen LogP contribution is 2.45. The van der Waals surface area contributed by atoms with Crippen LogP contribution in [0.2, 0.25) is 0 Å². The van der Waals surface area contributed by atoms with Gasteiger partial charge in [-0.05, 0) is 61.8 Å². The zero-order valence-electron chi connectivity index (χ0n) is 17.8. The first-order valence-corrected chi connectivity index (χ1v) is 11.1. The summed E-state index contributed by atoms with van der Waals surface area (Å²) < 4.78 is 5.94. The lowest BCUT2D eigenvalue weighted by atomic mass is 9.97. The third-order valence-corrected chi connectivity index (χ3v) is 6.79. The Morgan fingerprint density at radius 3 is 2.33 bits per heavy atom. The first-order valence-electron chi connectivity index (χ1n) is 11.1. The van der Waals surface area contributed by atoms with E-state index in [2.05, 4.69) is 74.5 Å². The van der Waals surface area contributed by atoms with E-state index < -0.39 is 0 Å². The number of allylic oxidation sites excluding steroid dienone is 2. The number of carbonyl (C=O) groups excluding carboxylic acids is 1. The monoisotopic (exact) mass is 399 g/mol. The van der Waals surface area contributed by atoms with Crippen molar-refractivity contribution < 1.29 is 9.53 Å². The molecule has 0 radical (unpaired) electrons. The molecule has 2 aromatic carbocycles. The van der Waals surface area contributed by atoms with E-state index in [0.717, 1.165) is 25.7 Å². The molecule has 1 amide bonds. The average molecular weight is 400 g/mol. The molecule has 2 aromatic rings. The molecule has 2 aliphatic heterocycles. The summed E-state index contributed by atoms with van der Waals surface area (Å²) in [4.78, 5) is 15.1. The van der Waals surface area contributed by atoms with Crippen LogP contribution in [-0.4, -0.2) is 29.7 Å². The SMILES string of the molecule is CC(C)=CCC1=CC2CCC(C1)N2C(=O)OCC1c2ccccc2-c2ccccc21. The minimum Gasteiger partial charge on any atom is -0.448 e. The molecule has 2 unspecified atom stereocenters. The number of amides is 1. The van der Waals surface area contributed by atoms with Gasteiger partial charge in [0.1, 0.15) is 6.61 Å². The van der Waals surface area contributed by atoms with Crippen LogP contribution in [0, 0.1) is 0 Å². The number of hydrogen-bond acceptors (Lipinski definition) is 2. The largest absolute Gasteiger partial charge is 0.448 e. The topological polar surface area (TPSA) is 29.5 Å². The Kier molecular flexibility index (Phi) is 4.98. The molecule has 3 aliphatic rings. The van der Waals surface area contributed by atoms with Gasteiger partial charge < -0.3 is 4.74 Å². The zero-order chi connectivity index (χ0) is 20.7. The van der Waals surface area contributed by atoms with Gasteiger partial charge in [-0.1, -0.05) is 71.8 Å². The van der Waals surface area contributed by atoms with E-state index in [9.17, 15) is 4.79 Å². The molecule has 0 N–H and O–H groups in total. The highest BCUT2D eigenvalue weighted by Gasteiger charge is 2.40. The van der Waals surface area contributed by atoms with Gasteiger partial charge in [-0.25, -0.2) is 4.79 Å². The molecule has 3 heteroatoms. The van der Waals surface area contributed by atoms with Crippen LogP contribution in [0.25, 0.3) is 11.1 Å². The number of hydrogen-bond donors (Lipinski definition) is 0. The highest BCUT2D eigenvalue weighted by atomic mass is 16.6. The molecule has 1 saturated heterocycles. The lowest BCUT2D eigenvalue weighted by molar-refractivity contribution is 0.0850. The van der Waals surface area contributed by atoms with Crippen molar-refractivity contribution in [3.8, 4) is 11.1 Å².